The van der Waals surface area contributed by atoms with Crippen molar-refractivity contribution in [3.8, 4) is 0 Å². The number of esters is 4. The van der Waals surface area contributed by atoms with Gasteiger partial charge in [0.25, 0.3) is 0 Å². The molecule has 0 fully saturated rings. The third-order valence-electron chi connectivity index (χ3n) is 4.29. The Hall–Kier alpha value is -3.15. The molecule has 0 bridgehead atoms. The van der Waals surface area contributed by atoms with Crippen LogP contribution >= 0.6 is 0 Å². The molecule has 1 aliphatic heterocycles. The fourth-order valence-electron chi connectivity index (χ4n) is 3.20. The second-order valence-corrected chi connectivity index (χ2v) is 6.94. The van der Waals surface area contributed by atoms with Crippen molar-refractivity contribution in [2.24, 2.45) is 0 Å². The van der Waals surface area contributed by atoms with Crippen LogP contribution in [0.15, 0.2) is 11.8 Å². The smallest absolute Gasteiger partial charge is 0.373 e. The largest absolute Gasteiger partial charge is 0.477 e. The van der Waals surface area contributed by atoms with Gasteiger partial charge in [0.05, 0.1) is 19.2 Å². The van der Waals surface area contributed by atoms with E-state index in [1.807, 2.05) is 6.92 Å². The van der Waals surface area contributed by atoms with Crippen LogP contribution in [0.25, 0.3) is 0 Å². The van der Waals surface area contributed by atoms with Crippen molar-refractivity contribution >= 4 is 29.8 Å². The number of likely N-dealkylation sites (N-methyl/N-ethyl adjacent to an activating group) is 1. The number of ether oxygens (including phenoxy) is 5. The van der Waals surface area contributed by atoms with Gasteiger partial charge in [-0.15, -0.1) is 0 Å². The summed E-state index contributed by atoms with van der Waals surface area (Å²) in [6, 6.07) is -1.50. The number of methoxy groups -OCH3 is 1. The quantitative estimate of drug-likeness (QED) is 0.317. The SMILES string of the molecule is CCN[C@@H]1C=C(C(=O)OC)O[C@@H]([C@H](OC(C)=O)[C@@H](COC(C)=O)OC(C)=O)[C@@H]1NC(C)=O. The van der Waals surface area contributed by atoms with Crippen molar-refractivity contribution < 1.29 is 47.7 Å². The molecular weight excluding hydrogens is 428 g/mol. The number of hydrogen-bond donors (Lipinski definition) is 2. The van der Waals surface area contributed by atoms with Gasteiger partial charge in [0.2, 0.25) is 11.7 Å². The number of nitrogens with one attached hydrogen (secondary N) is 2. The lowest BCUT2D eigenvalue weighted by molar-refractivity contribution is -0.188. The molecule has 12 heteroatoms. The molecule has 1 heterocycles. The molecule has 1 rings (SSSR count). The van der Waals surface area contributed by atoms with Crippen LogP contribution in [0.4, 0.5) is 0 Å². The van der Waals surface area contributed by atoms with Gasteiger partial charge in [-0.3, -0.25) is 19.2 Å². The van der Waals surface area contributed by atoms with E-state index in [0.717, 1.165) is 27.9 Å². The standard InChI is InChI=1S/C20H30N2O10/c1-7-21-14-8-15(20(27)28-6)32-19(17(14)22-10(2)23)18(31-13(5)26)16(30-12(4)25)9-29-11(3)24/h8,14,16-19,21H,7,9H2,1-6H3,(H,22,23)/t14-,16-,17-,18-,19-/m1/s1. The molecular formula is C20H30N2O10. The summed E-state index contributed by atoms with van der Waals surface area (Å²) in [6.45, 7) is 6.50. The van der Waals surface area contributed by atoms with Gasteiger partial charge in [-0.2, -0.15) is 0 Å². The Kier molecular flexibility index (Phi) is 10.6. The number of carbonyl (C=O) groups excluding carboxylic acids is 5. The topological polar surface area (TPSA) is 156 Å². The van der Waals surface area contributed by atoms with E-state index in [4.69, 9.17) is 23.7 Å². The predicted molar refractivity (Wildman–Crippen MR) is 108 cm³/mol. The third kappa shape index (κ3) is 8.17. The lowest BCUT2D eigenvalue weighted by Crippen LogP contribution is -2.64. The molecule has 0 aromatic rings. The van der Waals surface area contributed by atoms with Crippen molar-refractivity contribution in [1.29, 1.82) is 0 Å². The molecule has 0 radical (unpaired) electrons. The summed E-state index contributed by atoms with van der Waals surface area (Å²) in [5, 5.41) is 5.81. The van der Waals surface area contributed by atoms with E-state index in [0.29, 0.717) is 6.54 Å². The number of hydrogen-bond acceptors (Lipinski definition) is 11. The Morgan fingerprint density at radius 1 is 1.03 bits per heavy atom. The molecule has 0 spiro atoms. The Balaban J connectivity index is 3.52. The maximum absolute atomic E-state index is 12.2. The first-order valence-electron chi connectivity index (χ1n) is 9.95. The van der Waals surface area contributed by atoms with E-state index in [1.165, 1.54) is 13.0 Å². The monoisotopic (exact) mass is 458 g/mol. The Labute approximate surface area is 185 Å². The van der Waals surface area contributed by atoms with Gasteiger partial charge in [-0.25, -0.2) is 4.79 Å². The zero-order chi connectivity index (χ0) is 24.4. The van der Waals surface area contributed by atoms with Gasteiger partial charge in [-0.05, 0) is 12.6 Å². The van der Waals surface area contributed by atoms with Crippen LogP contribution in [0, 0.1) is 0 Å². The summed E-state index contributed by atoms with van der Waals surface area (Å²) >= 11 is 0. The average Bonchev–Trinajstić information content (AvgIpc) is 2.69. The van der Waals surface area contributed by atoms with E-state index in [2.05, 4.69) is 10.6 Å². The maximum Gasteiger partial charge on any atom is 0.373 e. The van der Waals surface area contributed by atoms with Crippen molar-refractivity contribution in [3.05, 3.63) is 11.8 Å². The van der Waals surface area contributed by atoms with E-state index >= 15 is 0 Å². The molecule has 180 valence electrons. The van der Waals surface area contributed by atoms with Crippen molar-refractivity contribution in [3.63, 3.8) is 0 Å². The fourth-order valence-corrected chi connectivity index (χ4v) is 3.20. The molecule has 12 nitrogen and oxygen atoms in total. The predicted octanol–water partition coefficient (Wildman–Crippen LogP) is -0.649. The van der Waals surface area contributed by atoms with Crippen molar-refractivity contribution in [2.75, 3.05) is 20.3 Å². The highest BCUT2D eigenvalue weighted by Crippen LogP contribution is 2.27. The van der Waals surface area contributed by atoms with Gasteiger partial charge in [-0.1, -0.05) is 6.92 Å². The maximum atomic E-state index is 12.2. The van der Waals surface area contributed by atoms with Crippen LogP contribution in [0.5, 0.6) is 0 Å². The zero-order valence-corrected chi connectivity index (χ0v) is 19.0. The van der Waals surface area contributed by atoms with Crippen LogP contribution < -0.4 is 10.6 Å². The van der Waals surface area contributed by atoms with E-state index in [-0.39, 0.29) is 5.76 Å². The lowest BCUT2D eigenvalue weighted by Gasteiger charge is -2.42. The minimum absolute atomic E-state index is 0.198. The van der Waals surface area contributed by atoms with Gasteiger partial charge in [0, 0.05) is 27.7 Å². The van der Waals surface area contributed by atoms with Crippen molar-refractivity contribution in [1.82, 2.24) is 10.6 Å². The van der Waals surface area contributed by atoms with Crippen LogP contribution in [0.1, 0.15) is 34.6 Å². The molecule has 0 saturated heterocycles. The molecule has 2 N–H and O–H groups in total. The first kappa shape index (κ1) is 26.9. The molecule has 5 atom stereocenters. The molecule has 32 heavy (non-hydrogen) atoms. The van der Waals surface area contributed by atoms with Gasteiger partial charge >= 0.3 is 23.9 Å². The zero-order valence-electron chi connectivity index (χ0n) is 19.0. The van der Waals surface area contributed by atoms with Gasteiger partial charge < -0.3 is 34.3 Å². The second kappa shape index (κ2) is 12.6. The number of amides is 1. The second-order valence-electron chi connectivity index (χ2n) is 6.94. The minimum Gasteiger partial charge on any atom is -0.477 e. The van der Waals surface area contributed by atoms with Gasteiger partial charge in [0.1, 0.15) is 6.61 Å². The highest BCUT2D eigenvalue weighted by atomic mass is 16.6. The van der Waals surface area contributed by atoms with E-state index in [9.17, 15) is 24.0 Å². The summed E-state index contributed by atoms with van der Waals surface area (Å²) < 4.78 is 26.1. The molecule has 0 unspecified atom stereocenters. The van der Waals surface area contributed by atoms with Gasteiger partial charge in [0.15, 0.2) is 18.3 Å². The molecule has 0 saturated carbocycles. The Morgan fingerprint density at radius 2 is 1.66 bits per heavy atom. The highest BCUT2D eigenvalue weighted by Gasteiger charge is 2.47. The molecule has 0 aliphatic carbocycles. The van der Waals surface area contributed by atoms with Crippen LogP contribution in [-0.2, 0) is 47.7 Å². The van der Waals surface area contributed by atoms with Crippen LogP contribution in [0.2, 0.25) is 0 Å². The summed E-state index contributed by atoms with van der Waals surface area (Å²) in [5.41, 5.74) is 0. The fraction of sp³-hybridized carbons (Fsp3) is 0.650. The van der Waals surface area contributed by atoms with E-state index in [1.54, 1.807) is 0 Å². The first-order valence-corrected chi connectivity index (χ1v) is 9.95. The summed E-state index contributed by atoms with van der Waals surface area (Å²) in [6.07, 6.45) is -2.43. The summed E-state index contributed by atoms with van der Waals surface area (Å²) in [4.78, 5) is 59.1. The summed E-state index contributed by atoms with van der Waals surface area (Å²) in [7, 11) is 1.16. The third-order valence-corrected chi connectivity index (χ3v) is 4.29. The Morgan fingerprint density at radius 3 is 2.12 bits per heavy atom. The molecule has 1 aliphatic rings. The lowest BCUT2D eigenvalue weighted by atomic mass is 9.91. The van der Waals surface area contributed by atoms with E-state index < -0.39 is 66.8 Å². The average molecular weight is 458 g/mol. The summed E-state index contributed by atoms with van der Waals surface area (Å²) in [5.74, 6) is -3.58. The van der Waals surface area contributed by atoms with Crippen LogP contribution in [0.3, 0.4) is 0 Å². The highest BCUT2D eigenvalue weighted by molar-refractivity contribution is 5.86. The molecule has 0 aromatic carbocycles. The minimum atomic E-state index is -1.36. The first-order chi connectivity index (χ1) is 15.0. The molecule has 1 amide bonds. The number of rotatable bonds is 10. The Bertz CT molecular complexity index is 751. The molecule has 0 aromatic heterocycles. The van der Waals surface area contributed by atoms with Crippen LogP contribution in [-0.4, -0.2) is 80.4 Å². The normalized spacial score (nSPS) is 21.7. The van der Waals surface area contributed by atoms with Crippen molar-refractivity contribution in [2.45, 2.75) is 65.0 Å². The number of carbonyl (C=O) groups is 5.